The van der Waals surface area contributed by atoms with Crippen molar-refractivity contribution in [3.05, 3.63) is 15.6 Å². The van der Waals surface area contributed by atoms with E-state index in [9.17, 15) is 0 Å². The Morgan fingerprint density at radius 2 is 1.95 bits per heavy atom. The minimum atomic E-state index is 0.756. The minimum Gasteiger partial charge on any atom is -0.309 e. The van der Waals surface area contributed by atoms with Gasteiger partial charge in [0.2, 0.25) is 0 Å². The van der Waals surface area contributed by atoms with Crippen molar-refractivity contribution in [2.75, 3.05) is 14.1 Å². The average Bonchev–Trinajstić information content (AvgIpc) is 2.93. The molecule has 3 nitrogen and oxygen atoms in total. The predicted molar refractivity (Wildman–Crippen MR) is 80.6 cm³/mol. The zero-order valence-electron chi connectivity index (χ0n) is 12.1. The Labute approximate surface area is 120 Å². The highest BCUT2D eigenvalue weighted by Gasteiger charge is 2.29. The van der Waals surface area contributed by atoms with E-state index in [-0.39, 0.29) is 0 Å². The Morgan fingerprint density at radius 3 is 2.58 bits per heavy atom. The van der Waals surface area contributed by atoms with E-state index in [1.54, 1.807) is 0 Å². The fourth-order valence-electron chi connectivity index (χ4n) is 2.92. The summed E-state index contributed by atoms with van der Waals surface area (Å²) < 4.78 is 0. The number of hydrogen-bond donors (Lipinski definition) is 1. The van der Waals surface area contributed by atoms with Gasteiger partial charge in [-0.2, -0.15) is 0 Å². The number of rotatable bonds is 6. The van der Waals surface area contributed by atoms with Crippen molar-refractivity contribution in [2.24, 2.45) is 0 Å². The van der Waals surface area contributed by atoms with Crippen LogP contribution in [0.4, 0.5) is 0 Å². The van der Waals surface area contributed by atoms with E-state index in [0.29, 0.717) is 0 Å². The predicted octanol–water partition coefficient (Wildman–Crippen LogP) is 3.11. The first-order valence-electron chi connectivity index (χ1n) is 7.59. The first-order valence-corrected chi connectivity index (χ1v) is 8.40. The van der Waals surface area contributed by atoms with E-state index in [2.05, 4.69) is 24.3 Å². The van der Waals surface area contributed by atoms with Crippen molar-refractivity contribution in [3.63, 3.8) is 0 Å². The summed E-state index contributed by atoms with van der Waals surface area (Å²) >= 11 is 1.92. The first kappa shape index (κ1) is 13.5. The Hall–Kier alpha value is -0.450. The number of aromatic nitrogens is 1. The van der Waals surface area contributed by atoms with Crippen LogP contribution in [0.5, 0.6) is 0 Å². The molecule has 2 fully saturated rings. The molecule has 0 aromatic carbocycles. The standard InChI is InChI=1S/C15H25N3S/c1-18(2)10-14-17-15(11-7-8-11)13(19-14)9-16-12-5-3-4-6-12/h11-12,16H,3-10H2,1-2H3. The van der Waals surface area contributed by atoms with Gasteiger partial charge in [-0.1, -0.05) is 12.8 Å². The van der Waals surface area contributed by atoms with Crippen LogP contribution >= 0.6 is 11.3 Å². The molecule has 4 heteroatoms. The van der Waals surface area contributed by atoms with Crippen molar-refractivity contribution in [1.82, 2.24) is 15.2 Å². The molecule has 0 amide bonds. The van der Waals surface area contributed by atoms with Crippen LogP contribution in [0.2, 0.25) is 0 Å². The molecule has 106 valence electrons. The molecule has 1 aromatic rings. The van der Waals surface area contributed by atoms with Gasteiger partial charge in [0.05, 0.1) is 5.69 Å². The molecule has 3 rings (SSSR count). The number of nitrogens with one attached hydrogen (secondary N) is 1. The molecule has 0 radical (unpaired) electrons. The quantitative estimate of drug-likeness (QED) is 0.867. The summed E-state index contributed by atoms with van der Waals surface area (Å²) in [4.78, 5) is 8.61. The van der Waals surface area contributed by atoms with Crippen LogP contribution in [0, 0.1) is 0 Å². The lowest BCUT2D eigenvalue weighted by Crippen LogP contribution is -2.25. The second-order valence-electron chi connectivity index (χ2n) is 6.29. The molecule has 0 spiro atoms. The molecular weight excluding hydrogens is 254 g/mol. The normalized spacial score (nSPS) is 20.6. The minimum absolute atomic E-state index is 0.756. The molecule has 1 aromatic heterocycles. The van der Waals surface area contributed by atoms with Gasteiger partial charge in [0.15, 0.2) is 0 Å². The van der Waals surface area contributed by atoms with E-state index >= 15 is 0 Å². The summed E-state index contributed by atoms with van der Waals surface area (Å²) in [6, 6.07) is 0.756. The van der Waals surface area contributed by atoms with Gasteiger partial charge in [0.25, 0.3) is 0 Å². The van der Waals surface area contributed by atoms with Gasteiger partial charge in [-0.05, 0) is 39.8 Å². The summed E-state index contributed by atoms with van der Waals surface area (Å²) in [6.07, 6.45) is 8.23. The summed E-state index contributed by atoms with van der Waals surface area (Å²) in [7, 11) is 4.24. The fourth-order valence-corrected chi connectivity index (χ4v) is 4.15. The maximum atomic E-state index is 4.89. The maximum absolute atomic E-state index is 4.89. The third-order valence-corrected chi connectivity index (χ3v) is 5.15. The molecule has 1 N–H and O–H groups in total. The lowest BCUT2D eigenvalue weighted by atomic mass is 10.2. The van der Waals surface area contributed by atoms with Gasteiger partial charge in [0, 0.05) is 29.9 Å². The topological polar surface area (TPSA) is 28.2 Å². The van der Waals surface area contributed by atoms with Crippen molar-refractivity contribution >= 4 is 11.3 Å². The monoisotopic (exact) mass is 279 g/mol. The summed E-state index contributed by atoms with van der Waals surface area (Å²) in [5, 5.41) is 5.03. The maximum Gasteiger partial charge on any atom is 0.107 e. The molecule has 2 aliphatic rings. The second kappa shape index (κ2) is 5.90. The van der Waals surface area contributed by atoms with Crippen LogP contribution in [-0.2, 0) is 13.1 Å². The van der Waals surface area contributed by atoms with Crippen molar-refractivity contribution in [3.8, 4) is 0 Å². The van der Waals surface area contributed by atoms with Gasteiger partial charge >= 0.3 is 0 Å². The number of nitrogens with zero attached hydrogens (tertiary/aromatic N) is 2. The molecule has 1 heterocycles. The van der Waals surface area contributed by atoms with Crippen molar-refractivity contribution in [2.45, 2.75) is 63.6 Å². The molecule has 2 aliphatic carbocycles. The van der Waals surface area contributed by atoms with Crippen LogP contribution < -0.4 is 5.32 Å². The molecular formula is C15H25N3S. The SMILES string of the molecule is CN(C)Cc1nc(C2CC2)c(CNC2CCCC2)s1. The van der Waals surface area contributed by atoms with E-state index in [4.69, 9.17) is 4.98 Å². The van der Waals surface area contributed by atoms with Gasteiger partial charge in [0.1, 0.15) is 5.01 Å². The highest BCUT2D eigenvalue weighted by molar-refractivity contribution is 7.11. The van der Waals surface area contributed by atoms with Crippen molar-refractivity contribution in [1.29, 1.82) is 0 Å². The van der Waals surface area contributed by atoms with E-state index in [1.807, 2.05) is 11.3 Å². The summed E-state index contributed by atoms with van der Waals surface area (Å²) in [5.74, 6) is 0.771. The highest BCUT2D eigenvalue weighted by Crippen LogP contribution is 2.42. The van der Waals surface area contributed by atoms with Crippen LogP contribution in [0.25, 0.3) is 0 Å². The van der Waals surface area contributed by atoms with E-state index < -0.39 is 0 Å². The third kappa shape index (κ3) is 3.56. The fraction of sp³-hybridized carbons (Fsp3) is 0.800. The van der Waals surface area contributed by atoms with Crippen LogP contribution in [-0.4, -0.2) is 30.0 Å². The lowest BCUT2D eigenvalue weighted by Gasteiger charge is -2.11. The van der Waals surface area contributed by atoms with Crippen LogP contribution in [0.15, 0.2) is 0 Å². The first-order chi connectivity index (χ1) is 9.22. The molecule has 2 saturated carbocycles. The van der Waals surface area contributed by atoms with E-state index in [0.717, 1.165) is 25.0 Å². The molecule has 0 aliphatic heterocycles. The van der Waals surface area contributed by atoms with Crippen LogP contribution in [0.1, 0.15) is 60.0 Å². The highest BCUT2D eigenvalue weighted by atomic mass is 32.1. The molecule has 19 heavy (non-hydrogen) atoms. The largest absolute Gasteiger partial charge is 0.309 e. The molecule has 0 unspecified atom stereocenters. The summed E-state index contributed by atoms with van der Waals surface area (Å²) in [5.41, 5.74) is 1.41. The average molecular weight is 279 g/mol. The Morgan fingerprint density at radius 1 is 1.21 bits per heavy atom. The van der Waals surface area contributed by atoms with E-state index in [1.165, 1.54) is 54.1 Å². The molecule has 0 atom stereocenters. The molecule has 0 saturated heterocycles. The van der Waals surface area contributed by atoms with Crippen LogP contribution in [0.3, 0.4) is 0 Å². The zero-order chi connectivity index (χ0) is 13.2. The smallest absolute Gasteiger partial charge is 0.107 e. The van der Waals surface area contributed by atoms with Gasteiger partial charge in [-0.25, -0.2) is 4.98 Å². The van der Waals surface area contributed by atoms with Gasteiger partial charge in [-0.3, -0.25) is 0 Å². The summed E-state index contributed by atoms with van der Waals surface area (Å²) in [6.45, 7) is 2.02. The zero-order valence-corrected chi connectivity index (χ0v) is 12.9. The third-order valence-electron chi connectivity index (χ3n) is 4.09. The Balaban J connectivity index is 1.65. The van der Waals surface area contributed by atoms with Gasteiger partial charge < -0.3 is 10.2 Å². The Bertz CT molecular complexity index is 417. The second-order valence-corrected chi connectivity index (χ2v) is 7.46. The van der Waals surface area contributed by atoms with Crippen molar-refractivity contribution < 1.29 is 0 Å². The lowest BCUT2D eigenvalue weighted by molar-refractivity contribution is 0.401. The van der Waals surface area contributed by atoms with Gasteiger partial charge in [-0.15, -0.1) is 11.3 Å². The molecule has 0 bridgehead atoms. The Kier molecular flexibility index (Phi) is 4.20. The number of thiazole rings is 1. The number of hydrogen-bond acceptors (Lipinski definition) is 4.